The zero-order chi connectivity index (χ0) is 9.73. The van der Waals surface area contributed by atoms with Crippen LogP contribution in [0.5, 0.6) is 0 Å². The molecule has 1 saturated heterocycles. The number of thiol groups is 1. The van der Waals surface area contributed by atoms with E-state index < -0.39 is 4.45 Å². The first-order valence-electron chi connectivity index (χ1n) is 4.93. The van der Waals surface area contributed by atoms with Crippen LogP contribution in [0, 0.1) is 5.92 Å². The quantitative estimate of drug-likeness (QED) is 0.255. The number of unbranched alkanes of at least 4 members (excludes halogenated alkanes) is 1. The fraction of sp³-hybridized carbons (Fsp3) is 1.00. The fourth-order valence-electron chi connectivity index (χ4n) is 1.21. The Hall–Kier alpha value is 1.31. The molecule has 0 N–H and O–H groups in total. The van der Waals surface area contributed by atoms with Gasteiger partial charge in [-0.15, -0.1) is 12.6 Å². The van der Waals surface area contributed by atoms with Crippen molar-refractivity contribution in [1.29, 1.82) is 0 Å². The molecule has 1 rings (SSSR count). The number of ether oxygens (including phenoxy) is 1. The number of rotatable bonds is 7. The second kappa shape index (κ2) is 7.56. The minimum atomic E-state index is -0.611. The van der Waals surface area contributed by atoms with E-state index in [9.17, 15) is 0 Å². The average Bonchev–Trinajstić information content (AvgIpc) is 2.85. The predicted molar refractivity (Wildman–Crippen MR) is 59.7 cm³/mol. The first-order valence-corrected chi connectivity index (χ1v) is 6.12. The zero-order valence-electron chi connectivity index (χ0n) is 8.69. The summed E-state index contributed by atoms with van der Waals surface area (Å²) in [5.41, 5.74) is 0. The molecule has 2 unspecified atom stereocenters. The smallest absolute Gasteiger partial charge is 0.303 e. The summed E-state index contributed by atoms with van der Waals surface area (Å²) in [6.07, 6.45) is 4.97. The van der Waals surface area contributed by atoms with E-state index in [1.165, 1.54) is 37.7 Å². The van der Waals surface area contributed by atoms with Crippen LogP contribution in [0.25, 0.3) is 0 Å². The van der Waals surface area contributed by atoms with Gasteiger partial charge in [0.2, 0.25) is 0 Å². The van der Waals surface area contributed by atoms with E-state index in [2.05, 4.69) is 26.5 Å². The van der Waals surface area contributed by atoms with Gasteiger partial charge in [0.15, 0.2) is 0 Å². The Kier molecular flexibility index (Phi) is 8.27. The number of hydrogen-bond acceptors (Lipinski definition) is 4. The third-order valence-corrected chi connectivity index (χ3v) is 3.42. The van der Waals surface area contributed by atoms with Crippen LogP contribution in [-0.2, 0) is 30.0 Å². The van der Waals surface area contributed by atoms with Crippen molar-refractivity contribution in [2.24, 2.45) is 5.92 Å². The molecular formula is C9H18MoO2S2. The van der Waals surface area contributed by atoms with Gasteiger partial charge in [-0.25, -0.2) is 0 Å². The van der Waals surface area contributed by atoms with E-state index >= 15 is 0 Å². The molecule has 1 aliphatic heterocycles. The Morgan fingerprint density at radius 2 is 2.14 bits per heavy atom. The Morgan fingerprint density at radius 3 is 2.57 bits per heavy atom. The molecule has 0 radical (unpaired) electrons. The summed E-state index contributed by atoms with van der Waals surface area (Å²) >= 11 is 5.48. The molecule has 1 aliphatic rings. The molecule has 0 aromatic carbocycles. The van der Waals surface area contributed by atoms with Gasteiger partial charge < -0.3 is 4.74 Å². The zero-order valence-corrected chi connectivity index (χ0v) is 12.4. The van der Waals surface area contributed by atoms with Gasteiger partial charge in [-0.1, -0.05) is 33.1 Å². The van der Waals surface area contributed by atoms with E-state index in [0.29, 0.717) is 5.92 Å². The topological polar surface area (TPSA) is 21.8 Å². The molecule has 14 heavy (non-hydrogen) atoms. The maximum Gasteiger partial charge on any atom is 0.303 e. The van der Waals surface area contributed by atoms with Gasteiger partial charge in [0.1, 0.15) is 0 Å². The van der Waals surface area contributed by atoms with Crippen LogP contribution < -0.4 is 0 Å². The van der Waals surface area contributed by atoms with Gasteiger partial charge in [-0.05, 0) is 12.3 Å². The Morgan fingerprint density at radius 1 is 1.50 bits per heavy atom. The Labute approximate surface area is 111 Å². The van der Waals surface area contributed by atoms with Crippen LogP contribution in [0.1, 0.15) is 39.5 Å². The van der Waals surface area contributed by atoms with Crippen molar-refractivity contribution in [1.82, 2.24) is 0 Å². The maximum absolute atomic E-state index is 5.50. The van der Waals surface area contributed by atoms with Crippen molar-refractivity contribution in [3.8, 4) is 0 Å². The molecule has 2 atom stereocenters. The van der Waals surface area contributed by atoms with E-state index in [1.807, 2.05) is 0 Å². The molecule has 0 aliphatic carbocycles. The van der Waals surface area contributed by atoms with Crippen LogP contribution in [0.4, 0.5) is 0 Å². The third-order valence-electron chi connectivity index (χ3n) is 2.27. The van der Waals surface area contributed by atoms with E-state index in [4.69, 9.17) is 8.92 Å². The third kappa shape index (κ3) is 6.01. The van der Waals surface area contributed by atoms with E-state index in [0.717, 1.165) is 6.61 Å². The van der Waals surface area contributed by atoms with Gasteiger partial charge >= 0.3 is 4.45 Å². The second-order valence-electron chi connectivity index (χ2n) is 3.42. The van der Waals surface area contributed by atoms with Crippen LogP contribution >= 0.6 is 24.7 Å². The second-order valence-corrected chi connectivity index (χ2v) is 5.18. The van der Waals surface area contributed by atoms with Gasteiger partial charge in [-0.2, -0.15) is 0 Å². The van der Waals surface area contributed by atoms with Crippen LogP contribution in [0.3, 0.4) is 0 Å². The number of hydrogen-bond donors (Lipinski definition) is 1. The van der Waals surface area contributed by atoms with Crippen molar-refractivity contribution in [2.75, 3.05) is 6.61 Å². The maximum atomic E-state index is 5.50. The monoisotopic (exact) mass is 320 g/mol. The van der Waals surface area contributed by atoms with Crippen LogP contribution in [-0.4, -0.2) is 11.1 Å². The van der Waals surface area contributed by atoms with Gasteiger partial charge in [-0.3, -0.25) is 4.18 Å². The van der Waals surface area contributed by atoms with Crippen molar-refractivity contribution in [2.45, 2.75) is 44.0 Å². The Bertz CT molecular complexity index is 154. The van der Waals surface area contributed by atoms with Gasteiger partial charge in [0.05, 0.1) is 18.6 Å². The molecule has 0 aromatic rings. The van der Waals surface area contributed by atoms with Crippen LogP contribution in [0.15, 0.2) is 0 Å². The molecule has 2 nitrogen and oxygen atoms in total. The summed E-state index contributed by atoms with van der Waals surface area (Å²) in [5.74, 6) is 0.661. The van der Waals surface area contributed by atoms with Crippen molar-refractivity contribution < 1.29 is 30.0 Å². The normalized spacial score (nSPS) is 26.8. The summed E-state index contributed by atoms with van der Waals surface area (Å²) in [5, 5.41) is 0. The Balaban J connectivity index is 0.00000169. The van der Waals surface area contributed by atoms with Crippen LogP contribution in [0.2, 0.25) is 0 Å². The largest absolute Gasteiger partial charge is 0.330 e. The average molecular weight is 318 g/mol. The summed E-state index contributed by atoms with van der Waals surface area (Å²) < 4.78 is 9.84. The molecule has 0 saturated carbocycles. The predicted octanol–water partition coefficient (Wildman–Crippen LogP) is 3.44. The summed E-state index contributed by atoms with van der Waals surface area (Å²) in [6, 6.07) is 0. The molecule has 1 fully saturated rings. The molecule has 5 heteroatoms. The molecule has 0 bridgehead atoms. The van der Waals surface area contributed by atoms with E-state index in [-0.39, 0.29) is 21.1 Å². The molecule has 84 valence electrons. The van der Waals surface area contributed by atoms with Gasteiger partial charge in [0, 0.05) is 21.1 Å². The summed E-state index contributed by atoms with van der Waals surface area (Å²) in [7, 11) is 0. The molecule has 0 spiro atoms. The molecule has 0 amide bonds. The van der Waals surface area contributed by atoms with Crippen molar-refractivity contribution in [3.63, 3.8) is 0 Å². The minimum absolute atomic E-state index is 0. The molecule has 0 aromatic heterocycles. The molecular weight excluding hydrogens is 300 g/mol. The molecule has 1 heterocycles. The summed E-state index contributed by atoms with van der Waals surface area (Å²) in [6.45, 7) is 5.19. The SMILES string of the molecule is CCCCC(CC)COC1(S)OS1.[Mo]. The first-order chi connectivity index (χ1) is 6.20. The standard InChI is InChI=1S/C9H18O2S2.Mo/c1-3-5-6-8(4-2)7-10-9(12)11-13-9;/h8,12H,3-7H2,1-2H3;. The van der Waals surface area contributed by atoms with E-state index in [1.54, 1.807) is 0 Å². The minimum Gasteiger partial charge on any atom is -0.330 e. The summed E-state index contributed by atoms with van der Waals surface area (Å²) in [4.78, 5) is 0. The van der Waals surface area contributed by atoms with Crippen molar-refractivity contribution >= 4 is 24.7 Å². The first kappa shape index (κ1) is 15.3. The van der Waals surface area contributed by atoms with Gasteiger partial charge in [0.25, 0.3) is 0 Å². The van der Waals surface area contributed by atoms with Crippen molar-refractivity contribution in [3.05, 3.63) is 0 Å². The fourth-order valence-corrected chi connectivity index (χ4v) is 1.63.